The van der Waals surface area contributed by atoms with Crippen LogP contribution in [-0.2, 0) is 31.1 Å². The lowest BCUT2D eigenvalue weighted by Crippen LogP contribution is -2.60. The molecule has 198 valence electrons. The number of carbonyl (C=O) groups is 1. The van der Waals surface area contributed by atoms with Gasteiger partial charge in [-0.2, -0.15) is 8.42 Å². The minimum atomic E-state index is -4.20. The topological polar surface area (TPSA) is 133 Å². The zero-order valence-corrected chi connectivity index (χ0v) is 23.2. The van der Waals surface area contributed by atoms with E-state index in [-0.39, 0.29) is 63.0 Å². The Kier molecular flexibility index (Phi) is 6.52. The van der Waals surface area contributed by atoms with Crippen LogP contribution in [0, 0.1) is 23.7 Å². The molecule has 0 spiro atoms. The van der Waals surface area contributed by atoms with Crippen LogP contribution in [0.15, 0.2) is 26.0 Å². The number of nitrogens with zero attached hydrogens (tertiary/aromatic N) is 2. The van der Waals surface area contributed by atoms with E-state index in [0.717, 1.165) is 49.7 Å². The molecule has 3 fully saturated rings. The summed E-state index contributed by atoms with van der Waals surface area (Å²) in [4.78, 5) is 15.7. The van der Waals surface area contributed by atoms with Crippen molar-refractivity contribution in [1.82, 2.24) is 4.90 Å². The Morgan fingerprint density at radius 3 is 2.53 bits per heavy atom. The molecule has 1 aromatic rings. The third-order valence-corrected chi connectivity index (χ3v) is 11.5. The molecule has 6 rings (SSSR count). The highest BCUT2D eigenvalue weighted by Gasteiger charge is 2.54. The highest BCUT2D eigenvalue weighted by Crippen LogP contribution is 2.52. The van der Waals surface area contributed by atoms with Gasteiger partial charge >= 0.3 is 0 Å². The second-order valence-corrected chi connectivity index (χ2v) is 15.7. The van der Waals surface area contributed by atoms with Gasteiger partial charge in [-0.1, -0.05) is 13.8 Å². The number of aryl methyl sites for hydroxylation is 1. The number of amidine groups is 1. The van der Waals surface area contributed by atoms with Gasteiger partial charge in [0.05, 0.1) is 5.75 Å². The van der Waals surface area contributed by atoms with Crippen molar-refractivity contribution >= 4 is 47.9 Å². The van der Waals surface area contributed by atoms with Crippen molar-refractivity contribution in [2.75, 3.05) is 23.9 Å². The first-order chi connectivity index (χ1) is 16.9. The SMILES string of the molecule is CC(C)CCN1C(=O)C(C2=NS(=O)(=O)c3c(CCS(C)(=O)=O)csc3N2)=C(O)C2C3CCC(CC3)C21. The normalized spacial score (nSPS) is 29.2. The summed E-state index contributed by atoms with van der Waals surface area (Å²) in [6, 6.07) is -0.0619. The van der Waals surface area contributed by atoms with E-state index in [1.165, 1.54) is 0 Å². The van der Waals surface area contributed by atoms with Crippen molar-refractivity contribution < 1.29 is 26.7 Å². The van der Waals surface area contributed by atoms with Crippen molar-refractivity contribution in [3.05, 3.63) is 22.3 Å². The molecule has 2 unspecified atom stereocenters. The maximum Gasteiger partial charge on any atom is 0.287 e. The molecule has 2 N–H and O–H groups in total. The predicted molar refractivity (Wildman–Crippen MR) is 140 cm³/mol. The highest BCUT2D eigenvalue weighted by molar-refractivity contribution is 7.91. The number of sulfone groups is 1. The van der Waals surface area contributed by atoms with Gasteiger partial charge in [-0.05, 0) is 67.2 Å². The molecule has 1 amide bonds. The molecule has 3 heterocycles. The molecule has 2 bridgehead atoms. The number of anilines is 1. The van der Waals surface area contributed by atoms with Gasteiger partial charge in [0.1, 0.15) is 31.1 Å². The molecule has 0 saturated heterocycles. The highest BCUT2D eigenvalue weighted by atomic mass is 32.2. The quantitative estimate of drug-likeness (QED) is 0.527. The molecular formula is C24H33N3O6S3. The zero-order chi connectivity index (χ0) is 26.0. The maximum absolute atomic E-state index is 13.8. The van der Waals surface area contributed by atoms with E-state index in [4.69, 9.17) is 0 Å². The van der Waals surface area contributed by atoms with Crippen molar-refractivity contribution in [1.29, 1.82) is 0 Å². The lowest BCUT2D eigenvalue weighted by molar-refractivity contribution is -0.139. The summed E-state index contributed by atoms with van der Waals surface area (Å²) in [6.07, 6.45) is 6.05. The summed E-state index contributed by atoms with van der Waals surface area (Å²) < 4.78 is 53.7. The van der Waals surface area contributed by atoms with E-state index in [0.29, 0.717) is 23.9 Å². The number of rotatable bonds is 7. The number of hydrogen-bond acceptors (Lipinski definition) is 8. The fraction of sp³-hybridized carbons (Fsp3) is 0.667. The fourth-order valence-corrected chi connectivity index (χ4v) is 9.56. The lowest BCUT2D eigenvalue weighted by Gasteiger charge is -2.55. The van der Waals surface area contributed by atoms with Crippen LogP contribution in [0.3, 0.4) is 0 Å². The van der Waals surface area contributed by atoms with Gasteiger partial charge in [-0.25, -0.2) is 8.42 Å². The van der Waals surface area contributed by atoms with Crippen LogP contribution in [0.4, 0.5) is 5.00 Å². The number of aliphatic hydroxyl groups excluding tert-OH is 1. The first-order valence-electron chi connectivity index (χ1n) is 12.5. The molecule has 2 aliphatic heterocycles. The number of carbonyl (C=O) groups excluding carboxylic acids is 1. The van der Waals surface area contributed by atoms with Crippen molar-refractivity contribution in [2.45, 2.75) is 63.3 Å². The second kappa shape index (κ2) is 9.13. The molecular weight excluding hydrogens is 522 g/mol. The summed E-state index contributed by atoms with van der Waals surface area (Å²) in [5, 5.41) is 16.4. The first kappa shape index (κ1) is 25.7. The smallest absolute Gasteiger partial charge is 0.287 e. The lowest BCUT2D eigenvalue weighted by atomic mass is 9.59. The summed E-state index contributed by atoms with van der Waals surface area (Å²) in [5.41, 5.74) is 0.333. The van der Waals surface area contributed by atoms with Gasteiger partial charge in [0, 0.05) is 24.8 Å². The van der Waals surface area contributed by atoms with E-state index in [9.17, 15) is 26.7 Å². The number of aliphatic hydroxyl groups is 1. The number of nitrogens with one attached hydrogen (secondary N) is 1. The minimum Gasteiger partial charge on any atom is -0.511 e. The Hall–Kier alpha value is -1.92. The van der Waals surface area contributed by atoms with E-state index in [1.54, 1.807) is 5.38 Å². The molecule has 36 heavy (non-hydrogen) atoms. The Morgan fingerprint density at radius 1 is 1.22 bits per heavy atom. The van der Waals surface area contributed by atoms with Gasteiger partial charge in [-0.15, -0.1) is 15.7 Å². The molecule has 12 heteroatoms. The van der Waals surface area contributed by atoms with Crippen LogP contribution < -0.4 is 5.32 Å². The predicted octanol–water partition coefficient (Wildman–Crippen LogP) is 3.35. The molecule has 9 nitrogen and oxygen atoms in total. The average Bonchev–Trinajstić information content (AvgIpc) is 3.21. The van der Waals surface area contributed by atoms with Crippen LogP contribution in [0.25, 0.3) is 0 Å². The third-order valence-electron chi connectivity index (χ3n) is 8.03. The van der Waals surface area contributed by atoms with E-state index in [2.05, 4.69) is 23.6 Å². The summed E-state index contributed by atoms with van der Waals surface area (Å²) in [5.74, 6) is 0.0413. The fourth-order valence-electron chi connectivity index (χ4n) is 6.30. The van der Waals surface area contributed by atoms with Gasteiger partial charge in [0.2, 0.25) is 0 Å². The van der Waals surface area contributed by atoms with E-state index < -0.39 is 19.9 Å². The van der Waals surface area contributed by atoms with Crippen LogP contribution in [0.1, 0.15) is 51.5 Å². The molecule has 0 aromatic carbocycles. The molecule has 5 aliphatic rings. The Labute approximate surface area is 216 Å². The monoisotopic (exact) mass is 555 g/mol. The zero-order valence-electron chi connectivity index (χ0n) is 20.7. The number of thiophene rings is 1. The number of amides is 1. The summed E-state index contributed by atoms with van der Waals surface area (Å²) >= 11 is 1.13. The van der Waals surface area contributed by atoms with Gasteiger partial charge < -0.3 is 15.3 Å². The van der Waals surface area contributed by atoms with Gasteiger partial charge in [-0.3, -0.25) is 4.79 Å². The Bertz CT molecular complexity index is 1350. The van der Waals surface area contributed by atoms with Crippen LogP contribution >= 0.6 is 11.3 Å². The van der Waals surface area contributed by atoms with Crippen molar-refractivity contribution in [3.63, 3.8) is 0 Å². The van der Waals surface area contributed by atoms with E-state index in [1.807, 2.05) is 4.90 Å². The number of sulfonamides is 1. The average molecular weight is 556 g/mol. The van der Waals surface area contributed by atoms with Crippen LogP contribution in [-0.4, -0.2) is 63.2 Å². The maximum atomic E-state index is 13.8. The minimum absolute atomic E-state index is 0.0426. The molecule has 2 atom stereocenters. The molecule has 0 radical (unpaired) electrons. The number of hydrogen-bond donors (Lipinski definition) is 2. The van der Waals surface area contributed by atoms with Gasteiger partial charge in [0.15, 0.2) is 5.84 Å². The molecule has 3 aliphatic carbocycles. The van der Waals surface area contributed by atoms with Crippen molar-refractivity contribution in [2.24, 2.45) is 28.1 Å². The van der Waals surface area contributed by atoms with Gasteiger partial charge in [0.25, 0.3) is 15.9 Å². The largest absolute Gasteiger partial charge is 0.511 e. The van der Waals surface area contributed by atoms with Crippen LogP contribution in [0.2, 0.25) is 0 Å². The molecule has 3 saturated carbocycles. The summed E-state index contributed by atoms with van der Waals surface area (Å²) in [7, 11) is -7.48. The molecule has 1 aromatic heterocycles. The second-order valence-electron chi connectivity index (χ2n) is 11.0. The van der Waals surface area contributed by atoms with Crippen molar-refractivity contribution in [3.8, 4) is 0 Å². The van der Waals surface area contributed by atoms with Crippen LogP contribution in [0.5, 0.6) is 0 Å². The number of fused-ring (bicyclic) bond motifs is 3. The first-order valence-corrected chi connectivity index (χ1v) is 16.9. The Balaban J connectivity index is 1.54. The standard InChI is InChI=1S/C24H33N3O6S3/c1-13(2)8-10-27-19-15-6-4-14(5-7-15)17(19)20(28)18(24(27)29)22-25-23-21(36(32,33)26-22)16(12-34-23)9-11-35(3,30)31/h12-15,17,19,28H,4-11H2,1-3H3,(H,25,26). The van der Waals surface area contributed by atoms with E-state index >= 15 is 0 Å². The summed E-state index contributed by atoms with van der Waals surface area (Å²) in [6.45, 7) is 4.76. The Morgan fingerprint density at radius 2 is 1.89 bits per heavy atom. The third kappa shape index (κ3) is 4.49.